The Bertz CT molecular complexity index is 972. The molecule has 0 aliphatic carbocycles. The quantitative estimate of drug-likeness (QED) is 0.476. The van der Waals surface area contributed by atoms with Gasteiger partial charge in [0, 0.05) is 6.07 Å². The van der Waals surface area contributed by atoms with Crippen LogP contribution in [0, 0.1) is 6.92 Å². The number of nitrogens with one attached hydrogen (secondary N) is 2. The Morgan fingerprint density at radius 3 is 2.56 bits per heavy atom. The number of carbonyl (C=O) groups excluding carboxylic acids is 1. The lowest BCUT2D eigenvalue weighted by atomic mass is 10.1. The van der Waals surface area contributed by atoms with Gasteiger partial charge in [-0.15, -0.1) is 11.8 Å². The molecule has 2 amide bonds. The number of methoxy groups -OCH3 is 1. The van der Waals surface area contributed by atoms with E-state index < -0.39 is 32.5 Å². The van der Waals surface area contributed by atoms with Crippen LogP contribution >= 0.6 is 11.8 Å². The second-order valence-corrected chi connectivity index (χ2v) is 7.54. The maximum Gasteiger partial charge on any atom is 0.337 e. The van der Waals surface area contributed by atoms with Gasteiger partial charge in [0.1, 0.15) is 9.92 Å². The lowest BCUT2D eigenvalue weighted by Crippen LogP contribution is -2.36. The first-order valence-corrected chi connectivity index (χ1v) is 10.0. The number of urea groups is 1. The summed E-state index contributed by atoms with van der Waals surface area (Å²) in [6, 6.07) is 4.37. The Kier molecular flexibility index (Phi) is 6.23. The van der Waals surface area contributed by atoms with E-state index in [1.165, 1.54) is 44.0 Å². The number of carboxylic acids is 1. The van der Waals surface area contributed by atoms with Crippen molar-refractivity contribution in [1.29, 1.82) is 0 Å². The number of aryl methyl sites for hydroxylation is 1. The van der Waals surface area contributed by atoms with Crippen LogP contribution < -0.4 is 14.8 Å². The first kappa shape index (κ1) is 20.5. The molecule has 0 atom stereocenters. The number of carboxylic acid groups (broad SMARTS) is 1. The summed E-state index contributed by atoms with van der Waals surface area (Å²) in [5, 5.41) is 11.9. The van der Waals surface area contributed by atoms with Crippen LogP contribution in [0.25, 0.3) is 0 Å². The normalized spacial score (nSPS) is 10.9. The molecule has 10 nitrogen and oxygen atoms in total. The minimum Gasteiger partial charge on any atom is -0.481 e. The molecular weight excluding hydrogens is 396 g/mol. The lowest BCUT2D eigenvalue weighted by molar-refractivity contribution is 0.0692. The fourth-order valence-electron chi connectivity index (χ4n) is 2.15. The number of benzene rings is 1. The zero-order chi connectivity index (χ0) is 20.2. The molecule has 0 saturated carbocycles. The van der Waals surface area contributed by atoms with Crippen LogP contribution in [0.3, 0.4) is 0 Å². The van der Waals surface area contributed by atoms with Crippen molar-refractivity contribution < 1.29 is 27.9 Å². The molecule has 0 fully saturated rings. The molecule has 0 aliphatic heterocycles. The van der Waals surface area contributed by atoms with E-state index >= 15 is 0 Å². The number of hydrogen-bond acceptors (Lipinski definition) is 8. The number of rotatable bonds is 6. The molecule has 0 radical (unpaired) electrons. The number of hydrogen-bond donors (Lipinski definition) is 3. The summed E-state index contributed by atoms with van der Waals surface area (Å²) in [6.07, 6.45) is 1.75. The van der Waals surface area contributed by atoms with Crippen LogP contribution in [-0.2, 0) is 10.0 Å². The van der Waals surface area contributed by atoms with E-state index in [2.05, 4.69) is 15.3 Å². The Balaban J connectivity index is 2.30. The van der Waals surface area contributed by atoms with Crippen LogP contribution in [0.1, 0.15) is 15.9 Å². The number of sulfonamides is 1. The highest BCUT2D eigenvalue weighted by Gasteiger charge is 2.26. The molecule has 2 rings (SSSR count). The largest absolute Gasteiger partial charge is 0.481 e. The molecule has 27 heavy (non-hydrogen) atoms. The van der Waals surface area contributed by atoms with Crippen molar-refractivity contribution in [2.45, 2.75) is 16.8 Å². The predicted molar refractivity (Wildman–Crippen MR) is 97.8 cm³/mol. The van der Waals surface area contributed by atoms with Gasteiger partial charge in [-0.05, 0) is 24.8 Å². The molecule has 0 bridgehead atoms. The third-order valence-corrected chi connectivity index (χ3v) is 5.42. The molecule has 0 spiro atoms. The molecule has 2 aromatic rings. The predicted octanol–water partition coefficient (Wildman–Crippen LogP) is 1.72. The average Bonchev–Trinajstić information content (AvgIpc) is 2.60. The summed E-state index contributed by atoms with van der Waals surface area (Å²) in [5.41, 5.74) is -0.268. The maximum atomic E-state index is 12.5. The average molecular weight is 412 g/mol. The topological polar surface area (TPSA) is 148 Å². The lowest BCUT2D eigenvalue weighted by Gasteiger charge is -2.12. The monoisotopic (exact) mass is 412 g/mol. The fourth-order valence-corrected chi connectivity index (χ4v) is 3.88. The Labute approximate surface area is 159 Å². The molecule has 12 heteroatoms. The summed E-state index contributed by atoms with van der Waals surface area (Å²) in [6.45, 7) is 1.43. The van der Waals surface area contributed by atoms with E-state index in [9.17, 15) is 23.1 Å². The molecule has 0 unspecified atom stereocenters. The second-order valence-electron chi connectivity index (χ2n) is 5.09. The molecule has 0 aliphatic rings. The summed E-state index contributed by atoms with van der Waals surface area (Å²) >= 11 is 1.27. The van der Waals surface area contributed by atoms with Crippen molar-refractivity contribution >= 4 is 39.7 Å². The summed E-state index contributed by atoms with van der Waals surface area (Å²) < 4.78 is 31.8. The van der Waals surface area contributed by atoms with Gasteiger partial charge in [-0.25, -0.2) is 27.7 Å². The number of amides is 2. The molecule has 1 heterocycles. The highest BCUT2D eigenvalue weighted by atomic mass is 32.2. The summed E-state index contributed by atoms with van der Waals surface area (Å²) in [7, 11) is -3.07. The Hall–Kier alpha value is -2.86. The van der Waals surface area contributed by atoms with E-state index in [1.54, 1.807) is 11.0 Å². The van der Waals surface area contributed by atoms with Crippen LogP contribution in [0.4, 0.5) is 10.7 Å². The number of aromatic nitrogens is 2. The van der Waals surface area contributed by atoms with Crippen LogP contribution in [-0.4, -0.2) is 48.9 Å². The zero-order valence-electron chi connectivity index (χ0n) is 14.5. The first-order valence-electron chi connectivity index (χ1n) is 7.31. The van der Waals surface area contributed by atoms with Crippen molar-refractivity contribution in [2.75, 3.05) is 18.7 Å². The van der Waals surface area contributed by atoms with Gasteiger partial charge in [0.05, 0.1) is 12.7 Å². The van der Waals surface area contributed by atoms with Crippen molar-refractivity contribution in [2.24, 2.45) is 0 Å². The zero-order valence-corrected chi connectivity index (χ0v) is 16.1. The van der Waals surface area contributed by atoms with Crippen LogP contribution in [0.15, 0.2) is 34.2 Å². The number of carbonyl (C=O) groups is 2. The minimum atomic E-state index is -4.45. The van der Waals surface area contributed by atoms with Crippen LogP contribution in [0.2, 0.25) is 0 Å². The number of anilines is 1. The van der Waals surface area contributed by atoms with E-state index in [0.29, 0.717) is 5.03 Å². The maximum absolute atomic E-state index is 12.5. The van der Waals surface area contributed by atoms with Gasteiger partial charge in [-0.1, -0.05) is 12.1 Å². The van der Waals surface area contributed by atoms with Gasteiger partial charge < -0.3 is 9.84 Å². The van der Waals surface area contributed by atoms with Gasteiger partial charge >= 0.3 is 12.0 Å². The molecule has 3 N–H and O–H groups in total. The highest BCUT2D eigenvalue weighted by molar-refractivity contribution is 7.98. The van der Waals surface area contributed by atoms with Crippen LogP contribution in [0.5, 0.6) is 5.88 Å². The van der Waals surface area contributed by atoms with E-state index in [4.69, 9.17) is 4.74 Å². The van der Waals surface area contributed by atoms with Gasteiger partial charge in [0.2, 0.25) is 11.8 Å². The Morgan fingerprint density at radius 1 is 1.26 bits per heavy atom. The van der Waals surface area contributed by atoms with Gasteiger partial charge in [-0.2, -0.15) is 4.98 Å². The fraction of sp³-hybridized carbons (Fsp3) is 0.200. The molecule has 1 aromatic heterocycles. The first-order chi connectivity index (χ1) is 12.7. The molecule has 144 valence electrons. The van der Waals surface area contributed by atoms with E-state index in [1.807, 2.05) is 0 Å². The van der Waals surface area contributed by atoms with E-state index in [0.717, 1.165) is 6.07 Å². The number of thioether (sulfide) groups is 1. The van der Waals surface area contributed by atoms with Gasteiger partial charge in [0.25, 0.3) is 10.0 Å². The third kappa shape index (κ3) is 4.86. The van der Waals surface area contributed by atoms with Crippen molar-refractivity contribution in [1.82, 2.24) is 14.7 Å². The second kappa shape index (κ2) is 8.22. The number of ether oxygens (including phenoxy) is 1. The Morgan fingerprint density at radius 2 is 1.96 bits per heavy atom. The summed E-state index contributed by atoms with van der Waals surface area (Å²) in [4.78, 5) is 30.8. The smallest absolute Gasteiger partial charge is 0.337 e. The van der Waals surface area contributed by atoms with Gasteiger partial charge in [-0.3, -0.25) is 5.32 Å². The summed E-state index contributed by atoms with van der Waals surface area (Å²) in [5.74, 6) is -1.42. The number of aromatic carboxylic acids is 1. The van der Waals surface area contributed by atoms with Crippen molar-refractivity contribution in [3.05, 3.63) is 35.4 Å². The van der Waals surface area contributed by atoms with Gasteiger partial charge in [0.15, 0.2) is 0 Å². The third-order valence-electron chi connectivity index (χ3n) is 3.26. The molecule has 0 saturated heterocycles. The van der Waals surface area contributed by atoms with Crippen molar-refractivity contribution in [3.63, 3.8) is 0 Å². The van der Waals surface area contributed by atoms with E-state index in [-0.39, 0.29) is 17.4 Å². The number of nitrogens with zero attached hydrogens (tertiary/aromatic N) is 2. The SMILES string of the molecule is COc1cc(SC)nc(NC(=O)NS(=O)(=O)c2c(C)cccc2C(=O)O)n1. The molecular formula is C15H16N4O6S2. The molecule has 1 aromatic carbocycles. The van der Waals surface area contributed by atoms with Crippen molar-refractivity contribution in [3.8, 4) is 5.88 Å². The standard InChI is InChI=1S/C15H16N4O6S2/c1-8-5-4-6-9(13(20)21)12(8)27(23,24)19-15(22)18-14-16-10(25-2)7-11(17-14)26-3/h4-7H,1-3H3,(H,20,21)(H2,16,17,18,19,22). The highest BCUT2D eigenvalue weighted by Crippen LogP contribution is 2.21. The minimum absolute atomic E-state index is 0.172.